The maximum Gasteiger partial charge on any atom is 0.240 e. The van der Waals surface area contributed by atoms with Crippen molar-refractivity contribution in [3.8, 4) is 0 Å². The summed E-state index contributed by atoms with van der Waals surface area (Å²) in [4.78, 5) is 13.7. The van der Waals surface area contributed by atoms with E-state index in [1.165, 1.54) is 11.3 Å². The van der Waals surface area contributed by atoms with Crippen LogP contribution in [0.5, 0.6) is 0 Å². The van der Waals surface area contributed by atoms with Gasteiger partial charge in [0.15, 0.2) is 0 Å². The molecule has 2 aromatic heterocycles. The van der Waals surface area contributed by atoms with Gasteiger partial charge in [-0.3, -0.25) is 5.43 Å². The second kappa shape index (κ2) is 5.75. The van der Waals surface area contributed by atoms with E-state index in [0.717, 1.165) is 34.9 Å². The van der Waals surface area contributed by atoms with Crippen LogP contribution in [-0.4, -0.2) is 34.1 Å². The molecule has 7 heteroatoms. The number of nitrogen functional groups attached to an aromatic ring is 1. The Labute approximate surface area is 126 Å². The molecule has 0 saturated carbocycles. The smallest absolute Gasteiger partial charge is 0.240 e. The van der Waals surface area contributed by atoms with Crippen LogP contribution < -0.4 is 16.2 Å². The van der Waals surface area contributed by atoms with E-state index in [-0.39, 0.29) is 0 Å². The number of aryl methyl sites for hydroxylation is 1. The third-order valence-electron chi connectivity index (χ3n) is 3.52. The van der Waals surface area contributed by atoms with Crippen LogP contribution in [0.1, 0.15) is 18.2 Å². The van der Waals surface area contributed by atoms with Crippen LogP contribution in [-0.2, 0) is 0 Å². The molecule has 0 aliphatic carbocycles. The van der Waals surface area contributed by atoms with E-state index in [2.05, 4.69) is 52.0 Å². The van der Waals surface area contributed by atoms with Gasteiger partial charge in [0.25, 0.3) is 0 Å². The fraction of sp³-hybridized carbons (Fsp3) is 0.538. The van der Waals surface area contributed by atoms with Crippen molar-refractivity contribution in [2.45, 2.75) is 25.5 Å². The molecule has 108 valence electrons. The molecule has 3 rings (SSSR count). The molecule has 0 amide bonds. The molecule has 3 heterocycles. The Morgan fingerprint density at radius 2 is 2.35 bits per heavy atom. The molecule has 1 aliphatic rings. The third-order valence-corrected chi connectivity index (χ3v) is 5.84. The predicted molar refractivity (Wildman–Crippen MR) is 88.7 cm³/mol. The molecule has 5 nitrogen and oxygen atoms in total. The number of anilines is 2. The van der Waals surface area contributed by atoms with Crippen molar-refractivity contribution in [1.29, 1.82) is 0 Å². The second-order valence-electron chi connectivity index (χ2n) is 4.94. The minimum Gasteiger partial charge on any atom is -0.354 e. The average Bonchev–Trinajstić information content (AvgIpc) is 2.86. The van der Waals surface area contributed by atoms with Gasteiger partial charge >= 0.3 is 0 Å². The predicted octanol–water partition coefficient (Wildman–Crippen LogP) is 2.62. The van der Waals surface area contributed by atoms with Gasteiger partial charge in [-0.15, -0.1) is 11.3 Å². The van der Waals surface area contributed by atoms with Crippen LogP contribution in [0.15, 0.2) is 6.07 Å². The fourth-order valence-electron chi connectivity index (χ4n) is 2.49. The Morgan fingerprint density at radius 3 is 3.10 bits per heavy atom. The van der Waals surface area contributed by atoms with Gasteiger partial charge in [0.2, 0.25) is 5.95 Å². The highest BCUT2D eigenvalue weighted by Crippen LogP contribution is 2.34. The number of aromatic nitrogens is 2. The quantitative estimate of drug-likeness (QED) is 0.671. The van der Waals surface area contributed by atoms with E-state index in [1.54, 1.807) is 11.3 Å². The van der Waals surface area contributed by atoms with Crippen LogP contribution in [0.2, 0.25) is 0 Å². The topological polar surface area (TPSA) is 67.1 Å². The van der Waals surface area contributed by atoms with E-state index in [1.807, 2.05) is 0 Å². The van der Waals surface area contributed by atoms with E-state index in [9.17, 15) is 0 Å². The summed E-state index contributed by atoms with van der Waals surface area (Å²) in [7, 11) is 0. The van der Waals surface area contributed by atoms with Crippen LogP contribution in [0.25, 0.3) is 10.2 Å². The Hall–Kier alpha value is -1.05. The van der Waals surface area contributed by atoms with Crippen LogP contribution >= 0.6 is 23.1 Å². The maximum absolute atomic E-state index is 5.51. The van der Waals surface area contributed by atoms with Crippen molar-refractivity contribution < 1.29 is 0 Å². The summed E-state index contributed by atoms with van der Waals surface area (Å²) in [6.45, 7) is 6.43. The van der Waals surface area contributed by atoms with Gasteiger partial charge < -0.3 is 4.90 Å². The van der Waals surface area contributed by atoms with E-state index in [4.69, 9.17) is 5.84 Å². The average molecular weight is 309 g/mol. The number of rotatable bonds is 3. The molecule has 0 spiro atoms. The number of thiophene rings is 1. The number of hydrazine groups is 1. The lowest BCUT2D eigenvalue weighted by Crippen LogP contribution is -2.38. The number of hydrogen-bond acceptors (Lipinski definition) is 7. The Balaban J connectivity index is 2.04. The molecule has 0 aromatic carbocycles. The zero-order chi connectivity index (χ0) is 14.1. The number of nitrogens with zero attached hydrogens (tertiary/aromatic N) is 3. The van der Waals surface area contributed by atoms with Crippen LogP contribution in [0.3, 0.4) is 0 Å². The van der Waals surface area contributed by atoms with Crippen molar-refractivity contribution >= 4 is 45.1 Å². The molecule has 0 radical (unpaired) electrons. The Bertz CT molecular complexity index is 612. The van der Waals surface area contributed by atoms with Gasteiger partial charge in [0.05, 0.1) is 5.39 Å². The largest absolute Gasteiger partial charge is 0.354 e. The lowest BCUT2D eigenvalue weighted by molar-refractivity contribution is 0.722. The number of thioether (sulfide) groups is 1. The van der Waals surface area contributed by atoms with Gasteiger partial charge in [-0.2, -0.15) is 16.7 Å². The molecule has 1 unspecified atom stereocenters. The minimum atomic E-state index is 0.501. The first kappa shape index (κ1) is 13.9. The first-order valence-corrected chi connectivity index (χ1v) is 8.69. The lowest BCUT2D eigenvalue weighted by Gasteiger charge is -2.33. The zero-order valence-corrected chi connectivity index (χ0v) is 13.4. The highest BCUT2D eigenvalue weighted by Gasteiger charge is 2.23. The number of nitrogens with one attached hydrogen (secondary N) is 1. The zero-order valence-electron chi connectivity index (χ0n) is 11.7. The van der Waals surface area contributed by atoms with E-state index in [0.29, 0.717) is 11.2 Å². The summed E-state index contributed by atoms with van der Waals surface area (Å²) in [6.07, 6.45) is 1.19. The van der Waals surface area contributed by atoms with Gasteiger partial charge in [0.1, 0.15) is 10.6 Å². The molecule has 20 heavy (non-hydrogen) atoms. The number of nitrogens with two attached hydrogens (primary N) is 1. The highest BCUT2D eigenvalue weighted by molar-refractivity contribution is 8.00. The van der Waals surface area contributed by atoms with Crippen molar-refractivity contribution in [3.05, 3.63) is 10.9 Å². The van der Waals surface area contributed by atoms with E-state index >= 15 is 0 Å². The van der Waals surface area contributed by atoms with Crippen LogP contribution in [0.4, 0.5) is 11.8 Å². The van der Waals surface area contributed by atoms with Crippen molar-refractivity contribution in [2.24, 2.45) is 5.84 Å². The SMILES string of the molecule is CCC1CN(c2nc(NN)nc3sc(C)cc23)CCS1. The first-order chi connectivity index (χ1) is 9.71. The second-order valence-corrected chi connectivity index (χ2v) is 7.58. The summed E-state index contributed by atoms with van der Waals surface area (Å²) in [6, 6.07) is 2.18. The molecule has 0 bridgehead atoms. The molecular formula is C13H19N5S2. The molecule has 1 aliphatic heterocycles. The fourth-order valence-corrected chi connectivity index (χ4v) is 4.55. The molecule has 3 N–H and O–H groups in total. The molecule has 2 aromatic rings. The van der Waals surface area contributed by atoms with E-state index < -0.39 is 0 Å². The van der Waals surface area contributed by atoms with Crippen LogP contribution in [0, 0.1) is 6.92 Å². The van der Waals surface area contributed by atoms with Gasteiger partial charge in [0, 0.05) is 29.0 Å². The minimum absolute atomic E-state index is 0.501. The van der Waals surface area contributed by atoms with Gasteiger partial charge in [-0.05, 0) is 19.4 Å². The monoisotopic (exact) mass is 309 g/mol. The summed E-state index contributed by atoms with van der Waals surface area (Å²) in [5.74, 6) is 8.18. The summed E-state index contributed by atoms with van der Waals surface area (Å²) in [5.41, 5.74) is 2.59. The molecule has 1 atom stereocenters. The van der Waals surface area contributed by atoms with Gasteiger partial charge in [-0.25, -0.2) is 10.8 Å². The molecule has 1 saturated heterocycles. The number of fused-ring (bicyclic) bond motifs is 1. The Morgan fingerprint density at radius 1 is 1.50 bits per heavy atom. The van der Waals surface area contributed by atoms with Crippen molar-refractivity contribution in [3.63, 3.8) is 0 Å². The number of hydrogen-bond donors (Lipinski definition) is 2. The highest BCUT2D eigenvalue weighted by atomic mass is 32.2. The van der Waals surface area contributed by atoms with Crippen molar-refractivity contribution in [1.82, 2.24) is 9.97 Å². The normalized spacial score (nSPS) is 19.6. The molecular weight excluding hydrogens is 290 g/mol. The maximum atomic E-state index is 5.51. The standard InChI is InChI=1S/C13H19N5S2/c1-3-9-7-18(4-5-19-9)11-10-6-8(2)20-12(10)16-13(15-11)17-14/h6,9H,3-5,7,14H2,1-2H3,(H,15,16,17). The lowest BCUT2D eigenvalue weighted by atomic mass is 10.2. The summed E-state index contributed by atoms with van der Waals surface area (Å²) < 4.78 is 0. The van der Waals surface area contributed by atoms with Crippen molar-refractivity contribution in [2.75, 3.05) is 29.2 Å². The third kappa shape index (κ3) is 2.57. The molecule has 1 fully saturated rings. The van der Waals surface area contributed by atoms with Gasteiger partial charge in [-0.1, -0.05) is 6.92 Å². The Kier molecular flexibility index (Phi) is 4.00. The summed E-state index contributed by atoms with van der Waals surface area (Å²) in [5, 5.41) is 1.83. The summed E-state index contributed by atoms with van der Waals surface area (Å²) >= 11 is 3.75. The first-order valence-electron chi connectivity index (χ1n) is 6.82.